The summed E-state index contributed by atoms with van der Waals surface area (Å²) in [6, 6.07) is 7.47. The summed E-state index contributed by atoms with van der Waals surface area (Å²) < 4.78 is 53.3. The van der Waals surface area contributed by atoms with Crippen molar-refractivity contribution in [3.63, 3.8) is 0 Å². The lowest BCUT2D eigenvalue weighted by Gasteiger charge is -2.32. The average molecular weight is 515 g/mol. The number of morpholine rings is 1. The molecule has 0 amide bonds. The lowest BCUT2D eigenvalue weighted by atomic mass is 9.93. The number of hydrogen-bond acceptors (Lipinski definition) is 4. The van der Waals surface area contributed by atoms with E-state index < -0.39 is 23.6 Å². The van der Waals surface area contributed by atoms with Crippen molar-refractivity contribution in [2.45, 2.75) is 24.9 Å². The molecular formula is C24H23Cl2F3N2O3. The van der Waals surface area contributed by atoms with Crippen molar-refractivity contribution in [3.05, 3.63) is 68.3 Å². The van der Waals surface area contributed by atoms with E-state index in [4.69, 9.17) is 32.7 Å². The van der Waals surface area contributed by atoms with Crippen LogP contribution < -0.4 is 0 Å². The largest absolute Gasteiger partial charge is 0.416 e. The minimum atomic E-state index is -4.45. The summed E-state index contributed by atoms with van der Waals surface area (Å²) in [6.07, 6.45) is -5.40. The van der Waals surface area contributed by atoms with Gasteiger partial charge in [0.1, 0.15) is 6.23 Å². The first-order chi connectivity index (χ1) is 16.0. The lowest BCUT2D eigenvalue weighted by molar-refractivity contribution is -0.137. The smallest absolute Gasteiger partial charge is 0.379 e. The second-order valence-corrected chi connectivity index (χ2v) is 9.56. The Morgan fingerprint density at radius 1 is 1.12 bits per heavy atom. The number of aliphatic hydroxyl groups excluding tert-OH is 1. The van der Waals surface area contributed by atoms with E-state index in [1.54, 1.807) is 30.7 Å². The second kappa shape index (κ2) is 8.40. The summed E-state index contributed by atoms with van der Waals surface area (Å²) in [7, 11) is 1.70. The minimum Gasteiger partial charge on any atom is -0.379 e. The number of aromatic nitrogens is 1. The Morgan fingerprint density at radius 3 is 2.41 bits per heavy atom. The first-order valence-electron chi connectivity index (χ1n) is 10.8. The Kier molecular flexibility index (Phi) is 5.90. The fraction of sp³-hybridized carbons (Fsp3) is 0.417. The highest BCUT2D eigenvalue weighted by molar-refractivity contribution is 6.36. The molecule has 2 atom stereocenters. The molecule has 0 radical (unpaired) electrons. The Morgan fingerprint density at radius 2 is 1.79 bits per heavy atom. The van der Waals surface area contributed by atoms with Gasteiger partial charge in [-0.05, 0) is 36.8 Å². The zero-order chi connectivity index (χ0) is 24.4. The van der Waals surface area contributed by atoms with Crippen molar-refractivity contribution < 1.29 is 27.8 Å². The van der Waals surface area contributed by atoms with Gasteiger partial charge in [-0.2, -0.15) is 13.2 Å². The molecule has 2 fully saturated rings. The van der Waals surface area contributed by atoms with Crippen molar-refractivity contribution >= 4 is 34.1 Å². The predicted molar refractivity (Wildman–Crippen MR) is 123 cm³/mol. The van der Waals surface area contributed by atoms with Crippen LogP contribution in [0.3, 0.4) is 0 Å². The Labute approximate surface area is 204 Å². The van der Waals surface area contributed by atoms with Gasteiger partial charge in [0, 0.05) is 47.2 Å². The zero-order valence-corrected chi connectivity index (χ0v) is 20.1. The quantitative estimate of drug-likeness (QED) is 0.473. The molecule has 3 heterocycles. The molecule has 2 saturated heterocycles. The van der Waals surface area contributed by atoms with Crippen LogP contribution in [0.5, 0.6) is 0 Å². The average Bonchev–Trinajstić information content (AvgIpc) is 3.50. The van der Waals surface area contributed by atoms with Crippen molar-refractivity contribution in [3.8, 4) is 0 Å². The highest BCUT2D eigenvalue weighted by Gasteiger charge is 2.53. The molecule has 5 nitrogen and oxygen atoms in total. The fourth-order valence-electron chi connectivity index (χ4n) is 4.81. The van der Waals surface area contributed by atoms with Crippen LogP contribution in [-0.4, -0.2) is 47.5 Å². The molecule has 1 unspecified atom stereocenters. The van der Waals surface area contributed by atoms with Crippen LogP contribution in [0.25, 0.3) is 10.9 Å². The van der Waals surface area contributed by atoms with Gasteiger partial charge in [-0.1, -0.05) is 29.3 Å². The summed E-state index contributed by atoms with van der Waals surface area (Å²) in [5, 5.41) is 12.3. The van der Waals surface area contributed by atoms with Gasteiger partial charge in [-0.15, -0.1) is 0 Å². The molecule has 1 aromatic heterocycles. The number of epoxide rings is 1. The van der Waals surface area contributed by atoms with Gasteiger partial charge < -0.3 is 19.1 Å². The highest BCUT2D eigenvalue weighted by atomic mass is 35.5. The summed E-state index contributed by atoms with van der Waals surface area (Å²) >= 11 is 13.4. The normalized spacial score (nSPS) is 22.4. The third-order valence-electron chi connectivity index (χ3n) is 6.74. The molecular weight excluding hydrogens is 492 g/mol. The van der Waals surface area contributed by atoms with Crippen LogP contribution >= 0.6 is 23.2 Å². The number of aryl methyl sites for hydroxylation is 2. The maximum Gasteiger partial charge on any atom is 0.416 e. The molecule has 2 aromatic carbocycles. The Balaban J connectivity index is 1.62. The molecule has 5 rings (SSSR count). The van der Waals surface area contributed by atoms with Crippen LogP contribution in [0, 0.1) is 6.92 Å². The van der Waals surface area contributed by atoms with Gasteiger partial charge >= 0.3 is 6.18 Å². The summed E-state index contributed by atoms with van der Waals surface area (Å²) in [4.78, 5) is 1.86. The third-order valence-corrected chi connectivity index (χ3v) is 7.46. The molecule has 2 aliphatic rings. The van der Waals surface area contributed by atoms with Crippen molar-refractivity contribution in [2.75, 3.05) is 32.9 Å². The molecule has 0 aliphatic carbocycles. The molecule has 3 aromatic rings. The number of nitrogens with zero attached hydrogens (tertiary/aromatic N) is 2. The van der Waals surface area contributed by atoms with E-state index in [0.717, 1.165) is 12.1 Å². The number of fused-ring (bicyclic) bond motifs is 1. The van der Waals surface area contributed by atoms with Gasteiger partial charge in [0.25, 0.3) is 0 Å². The van der Waals surface area contributed by atoms with Gasteiger partial charge in [0.2, 0.25) is 0 Å². The van der Waals surface area contributed by atoms with Crippen LogP contribution in [0.2, 0.25) is 10.0 Å². The second-order valence-electron chi connectivity index (χ2n) is 8.78. The molecule has 1 N–H and O–H groups in total. The van der Waals surface area contributed by atoms with Crippen LogP contribution in [-0.2, 0) is 28.3 Å². The van der Waals surface area contributed by atoms with Gasteiger partial charge in [0.05, 0.1) is 36.1 Å². The van der Waals surface area contributed by atoms with Crippen LogP contribution in [0.1, 0.15) is 34.2 Å². The van der Waals surface area contributed by atoms with E-state index in [2.05, 4.69) is 0 Å². The lowest BCUT2D eigenvalue weighted by Crippen LogP contribution is -2.39. The zero-order valence-electron chi connectivity index (χ0n) is 18.5. The maximum atomic E-state index is 13.4. The number of aliphatic hydroxyl groups is 1. The number of ether oxygens (including phenoxy) is 2. The van der Waals surface area contributed by atoms with E-state index in [1.807, 2.05) is 11.0 Å². The fourth-order valence-corrected chi connectivity index (χ4v) is 5.58. The summed E-state index contributed by atoms with van der Waals surface area (Å²) in [6.45, 7) is 4.05. The monoisotopic (exact) mass is 514 g/mol. The first kappa shape index (κ1) is 23.9. The highest BCUT2D eigenvalue weighted by Crippen LogP contribution is 2.53. The molecule has 10 heteroatoms. The minimum absolute atomic E-state index is 0.263. The van der Waals surface area contributed by atoms with Gasteiger partial charge in [-0.3, -0.25) is 4.90 Å². The van der Waals surface area contributed by atoms with E-state index in [9.17, 15) is 18.3 Å². The van der Waals surface area contributed by atoms with Gasteiger partial charge in [-0.25, -0.2) is 0 Å². The van der Waals surface area contributed by atoms with E-state index >= 15 is 0 Å². The first-order valence-corrected chi connectivity index (χ1v) is 11.6. The molecule has 0 spiro atoms. The van der Waals surface area contributed by atoms with Crippen molar-refractivity contribution in [1.29, 1.82) is 0 Å². The molecule has 0 saturated carbocycles. The molecule has 182 valence electrons. The standard InChI is InChI=1S/C24H23Cl2F3N2O3/c1-13-9-14(24(27,28)29)10-18-16(13)11-19(30(18)2)23(12-34-23)20-17(25)4-3-15(21(20)26)22(32)31-5-7-33-8-6-31/h3-4,9-11,22,32H,5-8,12H2,1-2H3/t22?,23-/m1/s1. The Hall–Kier alpha value is -1.81. The number of hydrogen-bond donors (Lipinski definition) is 1. The van der Waals surface area contributed by atoms with E-state index in [-0.39, 0.29) is 11.6 Å². The third kappa shape index (κ3) is 3.81. The van der Waals surface area contributed by atoms with Crippen LogP contribution in [0.4, 0.5) is 13.2 Å². The molecule has 0 bridgehead atoms. The number of rotatable bonds is 4. The number of alkyl halides is 3. The molecule has 2 aliphatic heterocycles. The van der Waals surface area contributed by atoms with E-state index in [1.165, 1.54) is 0 Å². The van der Waals surface area contributed by atoms with E-state index in [0.29, 0.717) is 64.6 Å². The summed E-state index contributed by atoms with van der Waals surface area (Å²) in [5.74, 6) is 0. The predicted octanol–water partition coefficient (Wildman–Crippen LogP) is 5.41. The SMILES string of the molecule is Cc1cc(C(F)(F)F)cc2c1cc([C@@]1(c3c(Cl)ccc(C(O)N4CCOCC4)c3Cl)CO1)n2C. The van der Waals surface area contributed by atoms with Crippen LogP contribution in [0.15, 0.2) is 30.3 Å². The summed E-state index contributed by atoms with van der Waals surface area (Å²) in [5.41, 5.74) is 0.861. The number of benzene rings is 2. The topological polar surface area (TPSA) is 50.2 Å². The van der Waals surface area contributed by atoms with Crippen molar-refractivity contribution in [1.82, 2.24) is 9.47 Å². The number of halogens is 5. The van der Waals surface area contributed by atoms with Crippen molar-refractivity contribution in [2.24, 2.45) is 7.05 Å². The Bertz CT molecular complexity index is 1260. The maximum absolute atomic E-state index is 13.4. The molecule has 34 heavy (non-hydrogen) atoms. The van der Waals surface area contributed by atoms with Gasteiger partial charge in [0.15, 0.2) is 5.60 Å².